The zero-order valence-electron chi connectivity index (χ0n) is 18.6. The summed E-state index contributed by atoms with van der Waals surface area (Å²) in [6.07, 6.45) is 4.80. The Morgan fingerprint density at radius 3 is 2.32 bits per heavy atom. The third-order valence-electron chi connectivity index (χ3n) is 5.22. The van der Waals surface area contributed by atoms with Crippen molar-refractivity contribution in [2.45, 2.75) is 51.6 Å². The molecule has 0 aliphatic rings. The molecular weight excluding hydrogens is 414 g/mol. The van der Waals surface area contributed by atoms with Crippen molar-refractivity contribution >= 4 is 21.7 Å². The van der Waals surface area contributed by atoms with E-state index in [4.69, 9.17) is 9.47 Å². The summed E-state index contributed by atoms with van der Waals surface area (Å²) < 4.78 is 37.5. The molecule has 170 valence electrons. The monoisotopic (exact) mass is 447 g/mol. The number of hydrogen-bond donors (Lipinski definition) is 1. The number of anilines is 1. The molecule has 0 aliphatic carbocycles. The van der Waals surface area contributed by atoms with E-state index in [1.807, 2.05) is 37.3 Å². The van der Waals surface area contributed by atoms with Crippen molar-refractivity contribution in [3.8, 4) is 0 Å². The normalized spacial score (nSPS) is 12.4. The van der Waals surface area contributed by atoms with Gasteiger partial charge in [0.2, 0.25) is 10.0 Å². The Morgan fingerprint density at radius 1 is 0.968 bits per heavy atom. The number of sulfonamides is 1. The SMILES string of the molecule is COC(=O)c1ccccc1CC(CCCCCCS(=O)(=O)Nc1ccc(C)cc1)OC. The molecule has 0 radical (unpaired) electrons. The molecule has 6 nitrogen and oxygen atoms in total. The minimum Gasteiger partial charge on any atom is -0.465 e. The lowest BCUT2D eigenvalue weighted by atomic mass is 9.98. The van der Waals surface area contributed by atoms with E-state index in [1.54, 1.807) is 25.3 Å². The van der Waals surface area contributed by atoms with Crippen LogP contribution in [0.25, 0.3) is 0 Å². The molecule has 1 atom stereocenters. The zero-order valence-corrected chi connectivity index (χ0v) is 19.4. The van der Waals surface area contributed by atoms with Gasteiger partial charge in [-0.3, -0.25) is 4.72 Å². The van der Waals surface area contributed by atoms with E-state index < -0.39 is 10.0 Å². The molecule has 0 saturated heterocycles. The van der Waals surface area contributed by atoms with Crippen LogP contribution >= 0.6 is 0 Å². The summed E-state index contributed by atoms with van der Waals surface area (Å²) in [4.78, 5) is 11.9. The fraction of sp³-hybridized carbons (Fsp3) is 0.458. The Kier molecular flexibility index (Phi) is 10.0. The van der Waals surface area contributed by atoms with Gasteiger partial charge >= 0.3 is 5.97 Å². The summed E-state index contributed by atoms with van der Waals surface area (Å²) in [5.74, 6) is -0.230. The molecule has 31 heavy (non-hydrogen) atoms. The number of hydrogen-bond acceptors (Lipinski definition) is 5. The van der Waals surface area contributed by atoms with Crippen molar-refractivity contribution in [1.82, 2.24) is 0 Å². The van der Waals surface area contributed by atoms with Gasteiger partial charge in [-0.2, -0.15) is 0 Å². The van der Waals surface area contributed by atoms with Crippen molar-refractivity contribution in [2.24, 2.45) is 0 Å². The molecule has 0 saturated carbocycles. The third kappa shape index (κ3) is 8.71. The van der Waals surface area contributed by atoms with Gasteiger partial charge in [0.05, 0.1) is 24.5 Å². The number of carbonyl (C=O) groups is 1. The number of ether oxygens (including phenoxy) is 2. The largest absolute Gasteiger partial charge is 0.465 e. The first-order chi connectivity index (χ1) is 14.8. The molecule has 1 unspecified atom stereocenters. The van der Waals surface area contributed by atoms with Crippen LogP contribution in [0.2, 0.25) is 0 Å². The standard InChI is InChI=1S/C24H33NO5S/c1-19-13-15-21(16-14-19)25-31(27,28)17-9-5-4-6-11-22(29-2)18-20-10-7-8-12-23(20)24(26)30-3/h7-8,10,12-16,22,25H,4-6,9,11,17-18H2,1-3H3. The summed E-state index contributed by atoms with van der Waals surface area (Å²) in [5, 5.41) is 0. The number of carbonyl (C=O) groups excluding carboxylic acids is 1. The van der Waals surface area contributed by atoms with E-state index in [1.165, 1.54) is 7.11 Å². The highest BCUT2D eigenvalue weighted by Gasteiger charge is 2.16. The van der Waals surface area contributed by atoms with E-state index in [9.17, 15) is 13.2 Å². The van der Waals surface area contributed by atoms with Gasteiger partial charge in [0.1, 0.15) is 0 Å². The summed E-state index contributed by atoms with van der Waals surface area (Å²) in [7, 11) is -0.277. The Balaban J connectivity index is 1.71. The first-order valence-corrected chi connectivity index (χ1v) is 12.3. The molecular formula is C24H33NO5S. The predicted octanol–water partition coefficient (Wildman–Crippen LogP) is 4.73. The average Bonchev–Trinajstić information content (AvgIpc) is 2.76. The quantitative estimate of drug-likeness (QED) is 0.355. The maximum absolute atomic E-state index is 12.2. The molecule has 0 spiro atoms. The first-order valence-electron chi connectivity index (χ1n) is 10.6. The fourth-order valence-electron chi connectivity index (χ4n) is 3.43. The first kappa shape index (κ1) is 24.9. The van der Waals surface area contributed by atoms with Gasteiger partial charge in [0.25, 0.3) is 0 Å². The van der Waals surface area contributed by atoms with Crippen molar-refractivity contribution in [3.05, 3.63) is 65.2 Å². The zero-order chi connectivity index (χ0) is 22.7. The van der Waals surface area contributed by atoms with Crippen LogP contribution in [-0.4, -0.2) is 40.5 Å². The van der Waals surface area contributed by atoms with Gasteiger partial charge in [0.15, 0.2) is 0 Å². The van der Waals surface area contributed by atoms with Crippen LogP contribution < -0.4 is 4.72 Å². The van der Waals surface area contributed by atoms with E-state index in [2.05, 4.69) is 4.72 Å². The molecule has 0 fully saturated rings. The van der Waals surface area contributed by atoms with E-state index in [0.717, 1.165) is 36.8 Å². The van der Waals surface area contributed by atoms with Crippen molar-refractivity contribution in [2.75, 3.05) is 24.7 Å². The summed E-state index contributed by atoms with van der Waals surface area (Å²) in [6.45, 7) is 1.96. The number of rotatable bonds is 13. The number of benzene rings is 2. The van der Waals surface area contributed by atoms with Crippen molar-refractivity contribution in [3.63, 3.8) is 0 Å². The van der Waals surface area contributed by atoms with Crippen LogP contribution in [0, 0.1) is 6.92 Å². The number of esters is 1. The maximum atomic E-state index is 12.2. The minimum atomic E-state index is -3.33. The smallest absolute Gasteiger partial charge is 0.338 e. The predicted molar refractivity (Wildman–Crippen MR) is 124 cm³/mol. The average molecular weight is 448 g/mol. The number of nitrogens with one attached hydrogen (secondary N) is 1. The summed E-state index contributed by atoms with van der Waals surface area (Å²) in [6, 6.07) is 14.7. The van der Waals surface area contributed by atoms with Crippen LogP contribution in [0.5, 0.6) is 0 Å². The second kappa shape index (κ2) is 12.5. The van der Waals surface area contributed by atoms with Gasteiger partial charge in [-0.05, 0) is 49.9 Å². The third-order valence-corrected chi connectivity index (χ3v) is 6.59. The van der Waals surface area contributed by atoms with E-state index >= 15 is 0 Å². The Bertz CT molecular complexity index is 925. The van der Waals surface area contributed by atoms with Gasteiger partial charge in [-0.25, -0.2) is 13.2 Å². The molecule has 1 N–H and O–H groups in total. The van der Waals surface area contributed by atoms with Gasteiger partial charge < -0.3 is 9.47 Å². The number of methoxy groups -OCH3 is 2. The molecule has 0 aliphatic heterocycles. The van der Waals surface area contributed by atoms with Crippen LogP contribution in [0.3, 0.4) is 0 Å². The molecule has 2 aromatic rings. The Morgan fingerprint density at radius 2 is 1.65 bits per heavy atom. The highest BCUT2D eigenvalue weighted by atomic mass is 32.2. The summed E-state index contributed by atoms with van der Waals surface area (Å²) >= 11 is 0. The topological polar surface area (TPSA) is 81.7 Å². The molecule has 0 heterocycles. The number of aryl methyl sites for hydroxylation is 1. The highest BCUT2D eigenvalue weighted by molar-refractivity contribution is 7.92. The Hall–Kier alpha value is -2.38. The fourth-order valence-corrected chi connectivity index (χ4v) is 4.61. The molecule has 0 bridgehead atoms. The maximum Gasteiger partial charge on any atom is 0.338 e. The lowest BCUT2D eigenvalue weighted by Gasteiger charge is -2.17. The second-order valence-corrected chi connectivity index (χ2v) is 9.54. The summed E-state index contributed by atoms with van der Waals surface area (Å²) in [5.41, 5.74) is 3.17. The van der Waals surface area contributed by atoms with Gasteiger partial charge in [-0.15, -0.1) is 0 Å². The van der Waals surface area contributed by atoms with Crippen LogP contribution in [0.4, 0.5) is 5.69 Å². The van der Waals surface area contributed by atoms with E-state index in [-0.39, 0.29) is 17.8 Å². The lowest BCUT2D eigenvalue weighted by molar-refractivity contribution is 0.0596. The minimum absolute atomic E-state index is 0.00209. The van der Waals surface area contributed by atoms with Crippen LogP contribution in [-0.2, 0) is 25.9 Å². The lowest BCUT2D eigenvalue weighted by Crippen LogP contribution is -2.17. The Labute approximate surface area is 186 Å². The van der Waals surface area contributed by atoms with Crippen LogP contribution in [0.1, 0.15) is 53.6 Å². The molecule has 2 aromatic carbocycles. The molecule has 0 amide bonds. The molecule has 2 rings (SSSR count). The number of unbranched alkanes of at least 4 members (excludes halogenated alkanes) is 3. The van der Waals surface area contributed by atoms with E-state index in [0.29, 0.717) is 24.1 Å². The van der Waals surface area contributed by atoms with Crippen LogP contribution in [0.15, 0.2) is 48.5 Å². The molecule has 7 heteroatoms. The van der Waals surface area contributed by atoms with Crippen molar-refractivity contribution in [1.29, 1.82) is 0 Å². The van der Waals surface area contributed by atoms with Gasteiger partial charge in [-0.1, -0.05) is 55.2 Å². The second-order valence-electron chi connectivity index (χ2n) is 7.70. The highest BCUT2D eigenvalue weighted by Crippen LogP contribution is 2.18. The molecule has 0 aromatic heterocycles. The van der Waals surface area contributed by atoms with Crippen molar-refractivity contribution < 1.29 is 22.7 Å². The van der Waals surface area contributed by atoms with Gasteiger partial charge in [0, 0.05) is 12.8 Å².